The van der Waals surface area contributed by atoms with Crippen molar-refractivity contribution in [1.82, 2.24) is 19.6 Å². The van der Waals surface area contributed by atoms with Crippen molar-refractivity contribution < 1.29 is 18.3 Å². The highest BCUT2D eigenvalue weighted by Gasteiger charge is 2.16. The first kappa shape index (κ1) is 19.4. The molecule has 0 spiro atoms. The van der Waals surface area contributed by atoms with E-state index >= 15 is 0 Å². The molecular formula is C19H14ClFN4O3S. The molecule has 0 saturated carbocycles. The van der Waals surface area contributed by atoms with Gasteiger partial charge in [0.25, 0.3) is 5.22 Å². The second-order valence-electron chi connectivity index (χ2n) is 6.00. The Balaban J connectivity index is 1.47. The molecule has 3 aromatic heterocycles. The molecule has 10 heteroatoms. The predicted octanol–water partition coefficient (Wildman–Crippen LogP) is 4.18. The lowest BCUT2D eigenvalue weighted by Crippen LogP contribution is -2.03. The van der Waals surface area contributed by atoms with Crippen LogP contribution in [0.4, 0.5) is 4.39 Å². The van der Waals surface area contributed by atoms with E-state index in [-0.39, 0.29) is 12.3 Å². The normalized spacial score (nSPS) is 11.1. The monoisotopic (exact) mass is 432 g/mol. The van der Waals surface area contributed by atoms with Crippen LogP contribution in [0.15, 0.2) is 52.4 Å². The minimum Gasteiger partial charge on any atom is -0.465 e. The fourth-order valence-corrected chi connectivity index (χ4v) is 3.65. The van der Waals surface area contributed by atoms with Crippen molar-refractivity contribution in [3.63, 3.8) is 0 Å². The van der Waals surface area contributed by atoms with E-state index < -0.39 is 11.8 Å². The Kier molecular flexibility index (Phi) is 5.50. The first-order valence-corrected chi connectivity index (χ1v) is 9.84. The topological polar surface area (TPSA) is 82.5 Å². The highest BCUT2D eigenvalue weighted by atomic mass is 35.5. The molecule has 148 valence electrons. The number of halogens is 2. The van der Waals surface area contributed by atoms with Crippen molar-refractivity contribution >= 4 is 35.0 Å². The summed E-state index contributed by atoms with van der Waals surface area (Å²) >= 11 is 7.32. The number of thioether (sulfide) groups is 1. The van der Waals surface area contributed by atoms with Crippen LogP contribution >= 0.6 is 23.4 Å². The van der Waals surface area contributed by atoms with Crippen LogP contribution in [0.25, 0.3) is 5.65 Å². The Morgan fingerprint density at radius 1 is 1.31 bits per heavy atom. The van der Waals surface area contributed by atoms with Crippen molar-refractivity contribution in [2.75, 3.05) is 7.11 Å². The van der Waals surface area contributed by atoms with Crippen molar-refractivity contribution in [2.24, 2.45) is 0 Å². The zero-order valence-electron chi connectivity index (χ0n) is 15.1. The summed E-state index contributed by atoms with van der Waals surface area (Å²) in [4.78, 5) is 16.3. The largest absolute Gasteiger partial charge is 0.465 e. The highest BCUT2D eigenvalue weighted by molar-refractivity contribution is 7.98. The maximum atomic E-state index is 13.9. The molecule has 0 radical (unpaired) electrons. The number of fused-ring (bicyclic) bond motifs is 1. The van der Waals surface area contributed by atoms with Gasteiger partial charge in [-0.3, -0.25) is 0 Å². The lowest BCUT2D eigenvalue weighted by Gasteiger charge is -2.01. The number of esters is 1. The third-order valence-electron chi connectivity index (χ3n) is 4.12. The number of aromatic nitrogens is 4. The maximum absolute atomic E-state index is 13.9. The molecule has 0 bridgehead atoms. The van der Waals surface area contributed by atoms with Gasteiger partial charge in [0, 0.05) is 28.7 Å². The Hall–Kier alpha value is -2.91. The maximum Gasteiger partial charge on any atom is 0.341 e. The number of imidazole rings is 1. The lowest BCUT2D eigenvalue weighted by atomic mass is 10.1. The fourth-order valence-electron chi connectivity index (χ4n) is 2.76. The number of hydrogen-bond acceptors (Lipinski definition) is 7. The molecule has 0 aliphatic heterocycles. The summed E-state index contributed by atoms with van der Waals surface area (Å²) < 4.78 is 26.0. The SMILES string of the molecule is COC(=O)c1cccn2cc(CSc3nnc(Cc4c(F)cccc4Cl)o3)nc12. The van der Waals surface area contributed by atoms with Gasteiger partial charge < -0.3 is 13.6 Å². The van der Waals surface area contributed by atoms with Crippen molar-refractivity contribution in [2.45, 2.75) is 17.4 Å². The molecular weight excluding hydrogens is 419 g/mol. The first-order chi connectivity index (χ1) is 14.0. The third-order valence-corrected chi connectivity index (χ3v) is 5.33. The minimum absolute atomic E-state index is 0.107. The van der Waals surface area contributed by atoms with E-state index in [4.69, 9.17) is 20.8 Å². The zero-order chi connectivity index (χ0) is 20.4. The van der Waals surface area contributed by atoms with Gasteiger partial charge in [-0.05, 0) is 24.3 Å². The molecule has 0 saturated heterocycles. The number of carbonyl (C=O) groups is 1. The van der Waals surface area contributed by atoms with Gasteiger partial charge in [0.05, 0.1) is 19.2 Å². The van der Waals surface area contributed by atoms with E-state index in [2.05, 4.69) is 15.2 Å². The molecule has 0 unspecified atom stereocenters. The smallest absolute Gasteiger partial charge is 0.341 e. The third kappa shape index (κ3) is 4.10. The van der Waals surface area contributed by atoms with Crippen LogP contribution in [0.5, 0.6) is 0 Å². The standard InChI is InChI=1S/C19H14ClFN4O3S/c1-27-18(26)12-4-3-7-25-9-11(22-17(12)25)10-29-19-24-23-16(28-19)8-13-14(20)5-2-6-15(13)21/h2-7,9H,8,10H2,1H3. The zero-order valence-corrected chi connectivity index (χ0v) is 16.7. The van der Waals surface area contributed by atoms with Crippen molar-refractivity contribution in [1.29, 1.82) is 0 Å². The number of carbonyl (C=O) groups excluding carboxylic acids is 1. The number of hydrogen-bond donors (Lipinski definition) is 0. The Morgan fingerprint density at radius 3 is 2.97 bits per heavy atom. The molecule has 7 nitrogen and oxygen atoms in total. The summed E-state index contributed by atoms with van der Waals surface area (Å²) in [5, 5.41) is 8.56. The van der Waals surface area contributed by atoms with E-state index in [1.54, 1.807) is 28.8 Å². The Bertz CT molecular complexity index is 1170. The number of benzene rings is 1. The summed E-state index contributed by atoms with van der Waals surface area (Å²) in [6.07, 6.45) is 3.72. The van der Waals surface area contributed by atoms with Gasteiger partial charge in [0.15, 0.2) is 5.65 Å². The molecule has 0 amide bonds. The Labute approximate surface area is 173 Å². The van der Waals surface area contributed by atoms with E-state index in [1.807, 2.05) is 6.20 Å². The molecule has 3 heterocycles. The van der Waals surface area contributed by atoms with Gasteiger partial charge >= 0.3 is 5.97 Å². The molecule has 29 heavy (non-hydrogen) atoms. The molecule has 4 aromatic rings. The van der Waals surface area contributed by atoms with E-state index in [0.29, 0.717) is 32.8 Å². The van der Waals surface area contributed by atoms with E-state index in [1.165, 1.54) is 31.0 Å². The summed E-state index contributed by atoms with van der Waals surface area (Å²) in [5.41, 5.74) is 1.93. The average Bonchev–Trinajstić information content (AvgIpc) is 3.34. The van der Waals surface area contributed by atoms with E-state index in [0.717, 1.165) is 5.69 Å². The number of rotatable bonds is 6. The molecule has 0 fully saturated rings. The summed E-state index contributed by atoms with van der Waals surface area (Å²) in [5.74, 6) is -0.156. The molecule has 4 rings (SSSR count). The van der Waals surface area contributed by atoms with Gasteiger partial charge in [-0.2, -0.15) is 0 Å². The fraction of sp³-hybridized carbons (Fsp3) is 0.158. The van der Waals surface area contributed by atoms with E-state index in [9.17, 15) is 9.18 Å². The first-order valence-electron chi connectivity index (χ1n) is 8.48. The van der Waals surface area contributed by atoms with Crippen LogP contribution in [0, 0.1) is 5.82 Å². The number of pyridine rings is 1. The van der Waals surface area contributed by atoms with Gasteiger partial charge in [-0.25, -0.2) is 14.2 Å². The summed E-state index contributed by atoms with van der Waals surface area (Å²) in [6.45, 7) is 0. The lowest BCUT2D eigenvalue weighted by molar-refractivity contribution is 0.0602. The summed E-state index contributed by atoms with van der Waals surface area (Å²) in [6, 6.07) is 7.88. The van der Waals surface area contributed by atoms with Gasteiger partial charge in [0.1, 0.15) is 11.4 Å². The molecule has 0 N–H and O–H groups in total. The number of methoxy groups -OCH3 is 1. The van der Waals surface area contributed by atoms with Crippen LogP contribution in [0.1, 0.15) is 27.5 Å². The molecule has 0 aliphatic carbocycles. The second-order valence-corrected chi connectivity index (χ2v) is 7.34. The molecule has 0 aliphatic rings. The minimum atomic E-state index is -0.450. The van der Waals surface area contributed by atoms with Crippen LogP contribution in [-0.4, -0.2) is 32.7 Å². The van der Waals surface area contributed by atoms with Crippen LogP contribution in [-0.2, 0) is 16.9 Å². The number of ether oxygens (including phenoxy) is 1. The summed E-state index contributed by atoms with van der Waals surface area (Å²) in [7, 11) is 1.33. The predicted molar refractivity (Wildman–Crippen MR) is 105 cm³/mol. The van der Waals surface area contributed by atoms with Crippen LogP contribution < -0.4 is 0 Å². The Morgan fingerprint density at radius 2 is 2.17 bits per heavy atom. The number of nitrogens with zero attached hydrogens (tertiary/aromatic N) is 4. The van der Waals surface area contributed by atoms with Crippen LogP contribution in [0.2, 0.25) is 5.02 Å². The van der Waals surface area contributed by atoms with Gasteiger partial charge in [-0.15, -0.1) is 10.2 Å². The van der Waals surface area contributed by atoms with Crippen LogP contribution in [0.3, 0.4) is 0 Å². The molecule has 1 aromatic carbocycles. The average molecular weight is 433 g/mol. The van der Waals surface area contributed by atoms with Crippen molar-refractivity contribution in [3.05, 3.63) is 76.3 Å². The quantitative estimate of drug-likeness (QED) is 0.334. The van der Waals surface area contributed by atoms with Crippen molar-refractivity contribution in [3.8, 4) is 0 Å². The van der Waals surface area contributed by atoms with Gasteiger partial charge in [0.2, 0.25) is 5.89 Å². The highest BCUT2D eigenvalue weighted by Crippen LogP contribution is 2.25. The molecule has 0 atom stereocenters. The van der Waals surface area contributed by atoms with Gasteiger partial charge in [-0.1, -0.05) is 29.4 Å². The second kappa shape index (κ2) is 8.22.